The van der Waals surface area contributed by atoms with Gasteiger partial charge in [-0.1, -0.05) is 36.8 Å². The molecule has 1 amide bonds. The Labute approximate surface area is 136 Å². The Bertz CT molecular complexity index is 597. The molecule has 0 bridgehead atoms. The SMILES string of the molecule is Cl.O=C(Nc1cnc(-c2ccccc2)nc1)C1CCCCN1. The van der Waals surface area contributed by atoms with E-state index in [4.69, 9.17) is 0 Å². The van der Waals surface area contributed by atoms with E-state index in [0.717, 1.165) is 31.4 Å². The van der Waals surface area contributed by atoms with Crippen molar-refractivity contribution in [1.29, 1.82) is 0 Å². The molecule has 3 rings (SSSR count). The maximum atomic E-state index is 12.1. The molecule has 1 aromatic carbocycles. The smallest absolute Gasteiger partial charge is 0.241 e. The van der Waals surface area contributed by atoms with Crippen LogP contribution in [0.25, 0.3) is 11.4 Å². The van der Waals surface area contributed by atoms with Crippen molar-refractivity contribution in [2.24, 2.45) is 0 Å². The number of aromatic nitrogens is 2. The quantitative estimate of drug-likeness (QED) is 0.913. The summed E-state index contributed by atoms with van der Waals surface area (Å²) in [6.07, 6.45) is 6.41. The van der Waals surface area contributed by atoms with E-state index in [-0.39, 0.29) is 24.4 Å². The maximum absolute atomic E-state index is 12.1. The van der Waals surface area contributed by atoms with Crippen molar-refractivity contribution in [3.63, 3.8) is 0 Å². The molecular formula is C16H19ClN4O. The Kier molecular flexibility index (Phi) is 5.86. The fraction of sp³-hybridized carbons (Fsp3) is 0.312. The van der Waals surface area contributed by atoms with E-state index in [9.17, 15) is 4.79 Å². The third-order valence-corrected chi connectivity index (χ3v) is 3.58. The topological polar surface area (TPSA) is 66.9 Å². The Morgan fingerprint density at radius 2 is 1.86 bits per heavy atom. The van der Waals surface area contributed by atoms with Crippen LogP contribution in [0.1, 0.15) is 19.3 Å². The van der Waals surface area contributed by atoms with E-state index in [0.29, 0.717) is 11.5 Å². The zero-order valence-corrected chi connectivity index (χ0v) is 13.0. The van der Waals surface area contributed by atoms with Gasteiger partial charge in [-0.25, -0.2) is 9.97 Å². The molecule has 0 aliphatic carbocycles. The molecular weight excluding hydrogens is 300 g/mol. The molecule has 1 saturated heterocycles. The number of nitrogens with zero attached hydrogens (tertiary/aromatic N) is 2. The second kappa shape index (κ2) is 7.87. The van der Waals surface area contributed by atoms with Crippen LogP contribution in [0, 0.1) is 0 Å². The van der Waals surface area contributed by atoms with Crippen molar-refractivity contribution in [3.8, 4) is 11.4 Å². The molecule has 0 saturated carbocycles. The van der Waals surface area contributed by atoms with Gasteiger partial charge in [-0.15, -0.1) is 12.4 Å². The Balaban J connectivity index is 0.00000176. The maximum Gasteiger partial charge on any atom is 0.241 e. The van der Waals surface area contributed by atoms with Crippen LogP contribution in [0.4, 0.5) is 5.69 Å². The highest BCUT2D eigenvalue weighted by Crippen LogP contribution is 2.15. The summed E-state index contributed by atoms with van der Waals surface area (Å²) in [6.45, 7) is 0.904. The van der Waals surface area contributed by atoms with Crippen molar-refractivity contribution in [2.75, 3.05) is 11.9 Å². The molecule has 1 atom stereocenters. The Morgan fingerprint density at radius 1 is 1.14 bits per heavy atom. The first-order chi connectivity index (χ1) is 10.3. The second-order valence-corrected chi connectivity index (χ2v) is 5.15. The first kappa shape index (κ1) is 16.4. The van der Waals surface area contributed by atoms with E-state index < -0.39 is 0 Å². The summed E-state index contributed by atoms with van der Waals surface area (Å²) in [5, 5.41) is 6.09. The Hall–Kier alpha value is -1.98. The van der Waals surface area contributed by atoms with Gasteiger partial charge in [0.15, 0.2) is 5.82 Å². The predicted octanol–water partition coefficient (Wildman–Crippen LogP) is 2.65. The summed E-state index contributed by atoms with van der Waals surface area (Å²) >= 11 is 0. The standard InChI is InChI=1S/C16H18N4O.ClH/c21-16(14-8-4-5-9-17-14)20-13-10-18-15(19-11-13)12-6-2-1-3-7-12;/h1-3,6-7,10-11,14,17H,4-5,8-9H2,(H,20,21);1H. The van der Waals surface area contributed by atoms with Crippen LogP contribution in [0.2, 0.25) is 0 Å². The van der Waals surface area contributed by atoms with Crippen molar-refractivity contribution in [3.05, 3.63) is 42.7 Å². The van der Waals surface area contributed by atoms with Crippen molar-refractivity contribution < 1.29 is 4.79 Å². The number of carbonyl (C=O) groups excluding carboxylic acids is 1. The van der Waals surface area contributed by atoms with E-state index in [1.54, 1.807) is 12.4 Å². The van der Waals surface area contributed by atoms with Crippen LogP contribution < -0.4 is 10.6 Å². The number of anilines is 1. The number of hydrogen-bond donors (Lipinski definition) is 2. The van der Waals surface area contributed by atoms with Gasteiger partial charge in [0.05, 0.1) is 24.1 Å². The molecule has 6 heteroatoms. The number of carbonyl (C=O) groups is 1. The van der Waals surface area contributed by atoms with E-state index in [2.05, 4.69) is 20.6 Å². The lowest BCUT2D eigenvalue weighted by Crippen LogP contribution is -2.43. The first-order valence-corrected chi connectivity index (χ1v) is 7.24. The predicted molar refractivity (Wildman–Crippen MR) is 89.0 cm³/mol. The number of nitrogens with one attached hydrogen (secondary N) is 2. The van der Waals surface area contributed by atoms with Crippen LogP contribution in [-0.4, -0.2) is 28.5 Å². The fourth-order valence-corrected chi connectivity index (χ4v) is 2.43. The molecule has 1 aliphatic rings. The minimum atomic E-state index is -0.104. The molecule has 1 aliphatic heterocycles. The number of halogens is 1. The van der Waals surface area contributed by atoms with Gasteiger partial charge < -0.3 is 10.6 Å². The average molecular weight is 319 g/mol. The molecule has 0 spiro atoms. The van der Waals surface area contributed by atoms with Gasteiger partial charge in [0.1, 0.15) is 0 Å². The lowest BCUT2D eigenvalue weighted by atomic mass is 10.0. The molecule has 1 unspecified atom stereocenters. The summed E-state index contributed by atoms with van der Waals surface area (Å²) in [7, 11) is 0. The van der Waals surface area contributed by atoms with E-state index in [1.165, 1.54) is 0 Å². The van der Waals surface area contributed by atoms with E-state index in [1.807, 2.05) is 30.3 Å². The van der Waals surface area contributed by atoms with Gasteiger partial charge in [-0.05, 0) is 19.4 Å². The zero-order valence-electron chi connectivity index (χ0n) is 12.2. The zero-order chi connectivity index (χ0) is 14.5. The highest BCUT2D eigenvalue weighted by molar-refractivity contribution is 5.94. The molecule has 0 radical (unpaired) electrons. The third kappa shape index (κ3) is 4.02. The van der Waals surface area contributed by atoms with E-state index >= 15 is 0 Å². The summed E-state index contributed by atoms with van der Waals surface area (Å²) in [5.41, 5.74) is 1.59. The minimum Gasteiger partial charge on any atom is -0.322 e. The molecule has 1 fully saturated rings. The lowest BCUT2D eigenvalue weighted by Gasteiger charge is -2.22. The molecule has 2 aromatic rings. The first-order valence-electron chi connectivity index (χ1n) is 7.24. The molecule has 116 valence electrons. The van der Waals surface area contributed by atoms with Crippen molar-refractivity contribution in [2.45, 2.75) is 25.3 Å². The van der Waals surface area contributed by atoms with Gasteiger partial charge in [0, 0.05) is 5.56 Å². The molecule has 5 nitrogen and oxygen atoms in total. The van der Waals surface area contributed by atoms with Crippen molar-refractivity contribution >= 4 is 24.0 Å². The monoisotopic (exact) mass is 318 g/mol. The van der Waals surface area contributed by atoms with Gasteiger partial charge in [0.25, 0.3) is 0 Å². The van der Waals surface area contributed by atoms with Gasteiger partial charge in [-0.3, -0.25) is 4.79 Å². The van der Waals surface area contributed by atoms with Gasteiger partial charge in [-0.2, -0.15) is 0 Å². The van der Waals surface area contributed by atoms with Crippen LogP contribution in [0.15, 0.2) is 42.7 Å². The normalized spacial score (nSPS) is 17.4. The van der Waals surface area contributed by atoms with Gasteiger partial charge >= 0.3 is 0 Å². The third-order valence-electron chi connectivity index (χ3n) is 3.58. The van der Waals surface area contributed by atoms with Crippen LogP contribution in [0.5, 0.6) is 0 Å². The molecule has 1 aromatic heterocycles. The summed E-state index contributed by atoms with van der Waals surface area (Å²) in [4.78, 5) is 20.7. The summed E-state index contributed by atoms with van der Waals surface area (Å²) in [5.74, 6) is 0.648. The van der Waals surface area contributed by atoms with Crippen molar-refractivity contribution in [1.82, 2.24) is 15.3 Å². The number of rotatable bonds is 3. The number of hydrogen-bond acceptors (Lipinski definition) is 4. The molecule has 22 heavy (non-hydrogen) atoms. The Morgan fingerprint density at radius 3 is 2.50 bits per heavy atom. The number of benzene rings is 1. The van der Waals surface area contributed by atoms with Crippen LogP contribution in [-0.2, 0) is 4.79 Å². The molecule has 2 N–H and O–H groups in total. The second-order valence-electron chi connectivity index (χ2n) is 5.15. The summed E-state index contributed by atoms with van der Waals surface area (Å²) < 4.78 is 0. The number of piperidine rings is 1. The summed E-state index contributed by atoms with van der Waals surface area (Å²) in [6, 6.07) is 9.66. The highest BCUT2D eigenvalue weighted by Gasteiger charge is 2.20. The highest BCUT2D eigenvalue weighted by atomic mass is 35.5. The minimum absolute atomic E-state index is 0. The average Bonchev–Trinajstić information content (AvgIpc) is 2.57. The molecule has 2 heterocycles. The lowest BCUT2D eigenvalue weighted by molar-refractivity contribution is -0.118. The fourth-order valence-electron chi connectivity index (χ4n) is 2.43. The van der Waals surface area contributed by atoms with Crippen LogP contribution >= 0.6 is 12.4 Å². The van der Waals surface area contributed by atoms with Crippen LogP contribution in [0.3, 0.4) is 0 Å². The van der Waals surface area contributed by atoms with Gasteiger partial charge in [0.2, 0.25) is 5.91 Å². The number of amides is 1. The largest absolute Gasteiger partial charge is 0.322 e.